The average molecular weight is 501 g/mol. The van der Waals surface area contributed by atoms with Crippen LogP contribution in [-0.4, -0.2) is 43.7 Å². The standard InChI is InChI=1S/C28H23NO8/c1-32-21-7-13(8-22(33-2)26(21)30)23-14-9-19-20(36-12-35-19)10-15(14)24(16-11-34-28(31)25(16)23)27-29-17-5-3-4-6-18(17)37-27/h3-10,16,23-25,30H,11-12H2,1-2H3/t16-,23-,24-,25+/m1/s1. The van der Waals surface area contributed by atoms with Crippen molar-refractivity contribution in [2.75, 3.05) is 27.6 Å². The van der Waals surface area contributed by atoms with Crippen molar-refractivity contribution in [2.45, 2.75) is 11.8 Å². The van der Waals surface area contributed by atoms with Gasteiger partial charge < -0.3 is 33.2 Å². The topological polar surface area (TPSA) is 109 Å². The Morgan fingerprint density at radius 2 is 1.59 bits per heavy atom. The third-order valence-corrected chi connectivity index (χ3v) is 7.62. The van der Waals surface area contributed by atoms with E-state index < -0.39 is 11.8 Å². The number of phenolic OH excluding ortho intramolecular Hbond substituents is 1. The lowest BCUT2D eigenvalue weighted by Gasteiger charge is -2.38. The number of benzene rings is 3. The first-order valence-corrected chi connectivity index (χ1v) is 12.0. The van der Waals surface area contributed by atoms with Crippen molar-refractivity contribution in [2.24, 2.45) is 11.8 Å². The molecular weight excluding hydrogens is 478 g/mol. The van der Waals surface area contributed by atoms with Gasteiger partial charge in [-0.1, -0.05) is 12.1 Å². The molecule has 188 valence electrons. The third-order valence-electron chi connectivity index (χ3n) is 7.62. The predicted molar refractivity (Wildman–Crippen MR) is 129 cm³/mol. The van der Waals surface area contributed by atoms with Gasteiger partial charge in [0.05, 0.1) is 32.7 Å². The molecule has 9 heteroatoms. The molecule has 1 N–H and O–H groups in total. The first-order valence-electron chi connectivity index (χ1n) is 12.0. The van der Waals surface area contributed by atoms with E-state index in [2.05, 4.69) is 0 Å². The van der Waals surface area contributed by atoms with Crippen LogP contribution in [0.5, 0.6) is 28.7 Å². The quantitative estimate of drug-likeness (QED) is 0.408. The lowest BCUT2D eigenvalue weighted by atomic mass is 9.62. The number of nitrogens with zero attached hydrogens (tertiary/aromatic N) is 1. The highest BCUT2D eigenvalue weighted by Gasteiger charge is 2.54. The summed E-state index contributed by atoms with van der Waals surface area (Å²) in [6.07, 6.45) is 0. The number of oxazole rings is 1. The fourth-order valence-corrected chi connectivity index (χ4v) is 6.00. The maximum absolute atomic E-state index is 13.3. The number of hydrogen-bond acceptors (Lipinski definition) is 9. The van der Waals surface area contributed by atoms with Crippen LogP contribution in [0.4, 0.5) is 0 Å². The zero-order chi connectivity index (χ0) is 25.3. The first-order chi connectivity index (χ1) is 18.1. The highest BCUT2D eigenvalue weighted by molar-refractivity contribution is 5.80. The highest BCUT2D eigenvalue weighted by atomic mass is 16.7. The molecule has 0 unspecified atom stereocenters. The predicted octanol–water partition coefficient (Wildman–Crippen LogP) is 4.35. The van der Waals surface area contributed by atoms with E-state index >= 15 is 0 Å². The second kappa shape index (κ2) is 8.06. The van der Waals surface area contributed by atoms with E-state index in [0.717, 1.165) is 22.2 Å². The number of fused-ring (bicyclic) bond motifs is 4. The summed E-state index contributed by atoms with van der Waals surface area (Å²) >= 11 is 0. The monoisotopic (exact) mass is 501 g/mol. The molecule has 0 bridgehead atoms. The molecule has 0 spiro atoms. The van der Waals surface area contributed by atoms with Crippen molar-refractivity contribution in [3.63, 3.8) is 0 Å². The Morgan fingerprint density at radius 3 is 2.27 bits per heavy atom. The normalized spacial score (nSPS) is 23.5. The second-order valence-corrected chi connectivity index (χ2v) is 9.40. The molecule has 0 radical (unpaired) electrons. The van der Waals surface area contributed by atoms with Crippen LogP contribution in [-0.2, 0) is 9.53 Å². The smallest absolute Gasteiger partial charge is 0.310 e. The molecule has 0 amide bonds. The van der Waals surface area contributed by atoms with E-state index in [1.807, 2.05) is 36.4 Å². The van der Waals surface area contributed by atoms with Gasteiger partial charge >= 0.3 is 5.97 Å². The van der Waals surface area contributed by atoms with Crippen LogP contribution in [0.15, 0.2) is 52.9 Å². The summed E-state index contributed by atoms with van der Waals surface area (Å²) in [5.41, 5.74) is 3.96. The Bertz CT molecular complexity index is 1500. The Labute approximate surface area is 211 Å². The van der Waals surface area contributed by atoms with Gasteiger partial charge in [-0.05, 0) is 53.1 Å². The Kier molecular flexibility index (Phi) is 4.76. The lowest BCUT2D eigenvalue weighted by Crippen LogP contribution is -2.35. The fraction of sp³-hybridized carbons (Fsp3) is 0.286. The van der Waals surface area contributed by atoms with Gasteiger partial charge in [-0.15, -0.1) is 0 Å². The van der Waals surface area contributed by atoms with Crippen molar-refractivity contribution < 1.29 is 38.0 Å². The number of hydrogen-bond donors (Lipinski definition) is 1. The largest absolute Gasteiger partial charge is 0.502 e. The summed E-state index contributed by atoms with van der Waals surface area (Å²) < 4.78 is 34.2. The number of para-hydroxylation sites is 2. The van der Waals surface area contributed by atoms with Gasteiger partial charge in [0.25, 0.3) is 0 Å². The highest BCUT2D eigenvalue weighted by Crippen LogP contribution is 2.57. The van der Waals surface area contributed by atoms with Crippen molar-refractivity contribution in [3.8, 4) is 28.7 Å². The first kappa shape index (κ1) is 21.8. The molecule has 3 heterocycles. The number of phenols is 1. The van der Waals surface area contributed by atoms with Crippen LogP contribution in [0.2, 0.25) is 0 Å². The van der Waals surface area contributed by atoms with E-state index in [1.54, 1.807) is 12.1 Å². The molecule has 37 heavy (non-hydrogen) atoms. The summed E-state index contributed by atoms with van der Waals surface area (Å²) in [5, 5.41) is 10.5. The fourth-order valence-electron chi connectivity index (χ4n) is 6.00. The van der Waals surface area contributed by atoms with Gasteiger partial charge in [0.2, 0.25) is 18.4 Å². The number of ether oxygens (including phenoxy) is 5. The molecule has 0 saturated carbocycles. The van der Waals surface area contributed by atoms with E-state index in [1.165, 1.54) is 14.2 Å². The van der Waals surface area contributed by atoms with Gasteiger partial charge in [-0.2, -0.15) is 0 Å². The maximum atomic E-state index is 13.3. The number of aromatic hydroxyl groups is 1. The molecule has 3 aliphatic rings. The van der Waals surface area contributed by atoms with Crippen LogP contribution in [0.1, 0.15) is 34.4 Å². The Balaban J connectivity index is 1.49. The second-order valence-electron chi connectivity index (χ2n) is 9.40. The number of esters is 1. The Hall–Kier alpha value is -4.40. The summed E-state index contributed by atoms with van der Waals surface area (Å²) in [5.74, 6) is 0.298. The molecule has 1 aromatic heterocycles. The summed E-state index contributed by atoms with van der Waals surface area (Å²) in [6.45, 7) is 0.343. The van der Waals surface area contributed by atoms with Crippen LogP contribution < -0.4 is 18.9 Å². The molecular formula is C28H23NO8. The van der Waals surface area contributed by atoms with Gasteiger partial charge in [0.15, 0.2) is 28.6 Å². The van der Waals surface area contributed by atoms with Crippen LogP contribution in [0.3, 0.4) is 0 Å². The van der Waals surface area contributed by atoms with E-state index in [0.29, 0.717) is 23.0 Å². The molecule has 2 aliphatic heterocycles. The molecule has 1 saturated heterocycles. The molecule has 1 aliphatic carbocycles. The van der Waals surface area contributed by atoms with Gasteiger partial charge in [0, 0.05) is 11.8 Å². The van der Waals surface area contributed by atoms with Crippen LogP contribution in [0.25, 0.3) is 11.1 Å². The zero-order valence-corrected chi connectivity index (χ0v) is 20.1. The van der Waals surface area contributed by atoms with E-state index in [9.17, 15) is 9.90 Å². The van der Waals surface area contributed by atoms with Crippen LogP contribution in [0, 0.1) is 11.8 Å². The Morgan fingerprint density at radius 1 is 0.919 bits per heavy atom. The van der Waals surface area contributed by atoms with E-state index in [-0.39, 0.29) is 48.5 Å². The molecule has 9 nitrogen and oxygen atoms in total. The molecule has 1 fully saturated rings. The maximum Gasteiger partial charge on any atom is 0.310 e. The minimum absolute atomic E-state index is 0.106. The van der Waals surface area contributed by atoms with Crippen molar-refractivity contribution in [1.82, 2.24) is 4.98 Å². The average Bonchev–Trinajstić information content (AvgIpc) is 3.64. The molecule has 4 atom stereocenters. The number of aromatic nitrogens is 1. The number of rotatable bonds is 4. The van der Waals surface area contributed by atoms with Gasteiger partial charge in [-0.25, -0.2) is 4.98 Å². The molecule has 7 rings (SSSR count). The van der Waals surface area contributed by atoms with Crippen molar-refractivity contribution in [3.05, 3.63) is 71.1 Å². The van der Waals surface area contributed by atoms with Gasteiger partial charge in [-0.3, -0.25) is 4.79 Å². The summed E-state index contributed by atoms with van der Waals surface area (Å²) in [4.78, 5) is 18.1. The van der Waals surface area contributed by atoms with Crippen LogP contribution >= 0.6 is 0 Å². The van der Waals surface area contributed by atoms with E-state index in [4.69, 9.17) is 33.1 Å². The summed E-state index contributed by atoms with van der Waals surface area (Å²) in [7, 11) is 2.95. The lowest BCUT2D eigenvalue weighted by molar-refractivity contribution is -0.141. The van der Waals surface area contributed by atoms with Gasteiger partial charge in [0.1, 0.15) is 5.52 Å². The number of carbonyl (C=O) groups excluding carboxylic acids is 1. The van der Waals surface area contributed by atoms with Crippen molar-refractivity contribution >= 4 is 17.1 Å². The van der Waals surface area contributed by atoms with Crippen molar-refractivity contribution in [1.29, 1.82) is 0 Å². The SMILES string of the molecule is COc1cc([C@@H]2c3cc4c(cc3[C@@H](c3nc5ccccc5o3)[C@H]3COC(=O)[C@H]23)OCO4)cc(OC)c1O. The number of methoxy groups -OCH3 is 2. The number of carbonyl (C=O) groups is 1. The molecule has 4 aromatic rings. The summed E-state index contributed by atoms with van der Waals surface area (Å²) in [6, 6.07) is 14.9. The third kappa shape index (κ3) is 3.16. The molecule has 3 aromatic carbocycles. The zero-order valence-electron chi connectivity index (χ0n) is 20.1. The minimum Gasteiger partial charge on any atom is -0.502 e. The minimum atomic E-state index is -0.535. The number of cyclic esters (lactones) is 1.